The van der Waals surface area contributed by atoms with E-state index in [1.54, 1.807) is 0 Å². The van der Waals surface area contributed by atoms with E-state index in [9.17, 15) is 32.8 Å². The number of rotatable bonds is 9. The number of alkyl halides is 2. The maximum Gasteiger partial charge on any atom is 0.305 e. The van der Waals surface area contributed by atoms with Crippen molar-refractivity contribution < 1.29 is 42.6 Å². The SMILES string of the molecule is COc1cc(N)c(Cl)cc1C(=O)NC(C)C(=O)N1CC(F)(F)CC1C(=O)NC(C=O)CC(=O)O. The number of aldehydes is 1. The second-order valence-electron chi connectivity index (χ2n) is 7.66. The van der Waals surface area contributed by atoms with Crippen molar-refractivity contribution in [3.8, 4) is 5.75 Å². The highest BCUT2D eigenvalue weighted by Gasteiger charge is 2.51. The number of aliphatic carboxylic acids is 1. The van der Waals surface area contributed by atoms with Crippen LogP contribution in [0.5, 0.6) is 5.75 Å². The van der Waals surface area contributed by atoms with E-state index in [-0.39, 0.29) is 28.3 Å². The Morgan fingerprint density at radius 3 is 2.56 bits per heavy atom. The molecule has 34 heavy (non-hydrogen) atoms. The summed E-state index contributed by atoms with van der Waals surface area (Å²) in [6, 6.07) is -1.98. The van der Waals surface area contributed by atoms with Crippen molar-refractivity contribution in [2.75, 3.05) is 19.4 Å². The van der Waals surface area contributed by atoms with Crippen molar-refractivity contribution >= 4 is 47.3 Å². The molecule has 3 unspecified atom stereocenters. The molecule has 1 aromatic carbocycles. The summed E-state index contributed by atoms with van der Waals surface area (Å²) in [6.45, 7) is 0.127. The van der Waals surface area contributed by atoms with Gasteiger partial charge in [0.15, 0.2) is 0 Å². The lowest BCUT2D eigenvalue weighted by atomic mass is 10.1. The smallest absolute Gasteiger partial charge is 0.305 e. The minimum absolute atomic E-state index is 0.0481. The molecule has 0 bridgehead atoms. The zero-order valence-corrected chi connectivity index (χ0v) is 18.9. The molecule has 0 saturated carbocycles. The molecule has 1 aliphatic rings. The molecule has 2 rings (SSSR count). The standard InChI is InChI=1S/C20H23ClF2N4O7/c1-9(25-17(31)11-4-12(21)13(24)5-15(11)34-2)19(33)27-8-20(22,23)6-14(27)18(32)26-10(7-28)3-16(29)30/h4-5,7,9-10,14H,3,6,8,24H2,1-2H3,(H,25,31)(H,26,32)(H,29,30). The summed E-state index contributed by atoms with van der Waals surface area (Å²) >= 11 is 5.93. The van der Waals surface area contributed by atoms with Gasteiger partial charge in [0.2, 0.25) is 11.8 Å². The van der Waals surface area contributed by atoms with E-state index in [0.29, 0.717) is 4.90 Å². The number of carboxylic acids is 1. The number of hydrogen-bond donors (Lipinski definition) is 4. The van der Waals surface area contributed by atoms with Crippen molar-refractivity contribution in [3.05, 3.63) is 22.7 Å². The number of carbonyl (C=O) groups excluding carboxylic acids is 4. The maximum absolute atomic E-state index is 14.1. The van der Waals surface area contributed by atoms with Gasteiger partial charge in [-0.25, -0.2) is 8.78 Å². The summed E-state index contributed by atoms with van der Waals surface area (Å²) in [5.74, 6) is -7.67. The number of likely N-dealkylation sites (tertiary alicyclic amines) is 1. The Labute approximate surface area is 197 Å². The highest BCUT2D eigenvalue weighted by atomic mass is 35.5. The minimum atomic E-state index is -3.42. The Morgan fingerprint density at radius 2 is 2.00 bits per heavy atom. The number of methoxy groups -OCH3 is 1. The van der Waals surface area contributed by atoms with Gasteiger partial charge >= 0.3 is 5.97 Å². The van der Waals surface area contributed by atoms with Crippen LogP contribution in [0.25, 0.3) is 0 Å². The van der Waals surface area contributed by atoms with Crippen molar-refractivity contribution in [1.82, 2.24) is 15.5 Å². The van der Waals surface area contributed by atoms with Crippen LogP contribution in [0, 0.1) is 0 Å². The molecule has 1 heterocycles. The van der Waals surface area contributed by atoms with Crippen LogP contribution >= 0.6 is 11.6 Å². The molecular weight excluding hydrogens is 482 g/mol. The molecule has 3 amide bonds. The lowest BCUT2D eigenvalue weighted by molar-refractivity contribution is -0.142. The first-order valence-corrected chi connectivity index (χ1v) is 10.3. The fourth-order valence-electron chi connectivity index (χ4n) is 3.38. The maximum atomic E-state index is 14.1. The molecule has 0 radical (unpaired) electrons. The van der Waals surface area contributed by atoms with Crippen LogP contribution < -0.4 is 21.1 Å². The summed E-state index contributed by atoms with van der Waals surface area (Å²) in [5, 5.41) is 13.2. The van der Waals surface area contributed by atoms with Crippen LogP contribution in [-0.4, -0.2) is 77.7 Å². The predicted molar refractivity (Wildman–Crippen MR) is 115 cm³/mol. The van der Waals surface area contributed by atoms with Crippen LogP contribution in [0.1, 0.15) is 30.1 Å². The number of benzene rings is 1. The van der Waals surface area contributed by atoms with E-state index in [0.717, 1.165) is 0 Å². The third-order valence-corrected chi connectivity index (χ3v) is 5.35. The first-order valence-electron chi connectivity index (χ1n) is 9.89. The molecule has 1 fully saturated rings. The molecule has 186 valence electrons. The van der Waals surface area contributed by atoms with Crippen molar-refractivity contribution in [1.29, 1.82) is 0 Å². The molecule has 0 aromatic heterocycles. The Balaban J connectivity index is 2.19. The number of ether oxygens (including phenoxy) is 1. The molecule has 0 aliphatic carbocycles. The number of amides is 3. The second-order valence-corrected chi connectivity index (χ2v) is 8.07. The van der Waals surface area contributed by atoms with Crippen LogP contribution in [0.2, 0.25) is 5.02 Å². The fraction of sp³-hybridized carbons (Fsp3) is 0.450. The first-order chi connectivity index (χ1) is 15.8. The third kappa shape index (κ3) is 6.31. The van der Waals surface area contributed by atoms with Gasteiger partial charge in [-0.3, -0.25) is 19.2 Å². The van der Waals surface area contributed by atoms with Gasteiger partial charge < -0.3 is 35.9 Å². The van der Waals surface area contributed by atoms with Gasteiger partial charge in [-0.2, -0.15) is 0 Å². The molecule has 0 spiro atoms. The minimum Gasteiger partial charge on any atom is -0.496 e. The predicted octanol–water partition coefficient (Wildman–Crippen LogP) is 0.444. The second kappa shape index (κ2) is 10.6. The third-order valence-electron chi connectivity index (χ3n) is 5.02. The average molecular weight is 505 g/mol. The number of anilines is 1. The van der Waals surface area contributed by atoms with Gasteiger partial charge in [-0.05, 0) is 13.0 Å². The van der Waals surface area contributed by atoms with Gasteiger partial charge in [0.1, 0.15) is 24.1 Å². The summed E-state index contributed by atoms with van der Waals surface area (Å²) in [4.78, 5) is 60.4. The lowest BCUT2D eigenvalue weighted by Crippen LogP contribution is -2.54. The number of halogens is 3. The van der Waals surface area contributed by atoms with E-state index >= 15 is 0 Å². The molecular formula is C20H23ClF2N4O7. The van der Waals surface area contributed by atoms with Crippen molar-refractivity contribution in [3.63, 3.8) is 0 Å². The molecule has 1 aliphatic heterocycles. The lowest BCUT2D eigenvalue weighted by Gasteiger charge is -2.27. The molecule has 11 nitrogen and oxygen atoms in total. The number of carboxylic acid groups (broad SMARTS) is 1. The van der Waals surface area contributed by atoms with Crippen LogP contribution in [0.15, 0.2) is 12.1 Å². The average Bonchev–Trinajstić information content (AvgIpc) is 3.09. The largest absolute Gasteiger partial charge is 0.496 e. The number of carbonyl (C=O) groups is 5. The van der Waals surface area contributed by atoms with Crippen molar-refractivity contribution in [2.24, 2.45) is 0 Å². The van der Waals surface area contributed by atoms with E-state index in [1.807, 2.05) is 5.32 Å². The quantitative estimate of drug-likeness (QED) is 0.277. The van der Waals surface area contributed by atoms with Crippen LogP contribution in [0.3, 0.4) is 0 Å². The van der Waals surface area contributed by atoms with Crippen molar-refractivity contribution in [2.45, 2.75) is 43.8 Å². The van der Waals surface area contributed by atoms with Gasteiger partial charge in [-0.1, -0.05) is 11.6 Å². The molecule has 3 atom stereocenters. The van der Waals surface area contributed by atoms with E-state index in [2.05, 4.69) is 5.32 Å². The van der Waals surface area contributed by atoms with Gasteiger partial charge in [0.25, 0.3) is 11.8 Å². The Kier molecular flexibility index (Phi) is 8.37. The fourth-order valence-corrected chi connectivity index (χ4v) is 3.55. The monoisotopic (exact) mass is 504 g/mol. The Hall–Kier alpha value is -3.48. The molecule has 14 heteroatoms. The summed E-state index contributed by atoms with van der Waals surface area (Å²) < 4.78 is 33.3. The number of hydrogen-bond acceptors (Lipinski definition) is 7. The van der Waals surface area contributed by atoms with E-state index in [1.165, 1.54) is 26.2 Å². The van der Waals surface area contributed by atoms with E-state index in [4.69, 9.17) is 27.2 Å². The highest BCUT2D eigenvalue weighted by molar-refractivity contribution is 6.33. The number of nitrogens with one attached hydrogen (secondary N) is 2. The highest BCUT2D eigenvalue weighted by Crippen LogP contribution is 2.33. The normalized spacial score (nSPS) is 18.5. The molecule has 5 N–H and O–H groups in total. The van der Waals surface area contributed by atoms with E-state index < -0.39 is 67.1 Å². The number of nitrogens with two attached hydrogens (primary N) is 1. The number of nitrogens with zero attached hydrogens (tertiary/aromatic N) is 1. The molecule has 1 saturated heterocycles. The topological polar surface area (TPSA) is 168 Å². The Bertz CT molecular complexity index is 1010. The van der Waals surface area contributed by atoms with Crippen LogP contribution in [0.4, 0.5) is 14.5 Å². The van der Waals surface area contributed by atoms with Gasteiger partial charge in [0, 0.05) is 12.5 Å². The number of nitrogen functional groups attached to an aromatic ring is 1. The van der Waals surface area contributed by atoms with Gasteiger partial charge in [-0.15, -0.1) is 0 Å². The van der Waals surface area contributed by atoms with Crippen LogP contribution in [-0.2, 0) is 19.2 Å². The zero-order chi connectivity index (χ0) is 25.8. The summed E-state index contributed by atoms with van der Waals surface area (Å²) in [7, 11) is 1.28. The van der Waals surface area contributed by atoms with Gasteiger partial charge in [0.05, 0.1) is 42.4 Å². The summed E-state index contributed by atoms with van der Waals surface area (Å²) in [5.41, 5.74) is 5.75. The zero-order valence-electron chi connectivity index (χ0n) is 18.1. The molecule has 1 aromatic rings. The first kappa shape index (κ1) is 26.8. The Morgan fingerprint density at radius 1 is 1.35 bits per heavy atom. The summed E-state index contributed by atoms with van der Waals surface area (Å²) in [6.07, 6.45) is -1.64.